The van der Waals surface area contributed by atoms with Gasteiger partial charge in [-0.15, -0.1) is 23.7 Å². The summed E-state index contributed by atoms with van der Waals surface area (Å²) in [6.07, 6.45) is 1.93. The lowest BCUT2D eigenvalue weighted by molar-refractivity contribution is 0.0696. The van der Waals surface area contributed by atoms with Crippen LogP contribution >= 0.6 is 23.7 Å². The van der Waals surface area contributed by atoms with E-state index in [4.69, 9.17) is 9.47 Å². The maximum Gasteiger partial charge on any atom is 0.264 e. The zero-order valence-electron chi connectivity index (χ0n) is 16.2. The molecule has 1 atom stereocenters. The summed E-state index contributed by atoms with van der Waals surface area (Å²) in [4.78, 5) is 25.8. The number of nitrogens with zero attached hydrogens (tertiary/aromatic N) is 3. The Kier molecular flexibility index (Phi) is 7.79. The second kappa shape index (κ2) is 9.64. The van der Waals surface area contributed by atoms with Crippen molar-refractivity contribution in [1.82, 2.24) is 20.2 Å². The smallest absolute Gasteiger partial charge is 0.264 e. The third-order valence-corrected chi connectivity index (χ3v) is 5.84. The van der Waals surface area contributed by atoms with Gasteiger partial charge >= 0.3 is 0 Å². The van der Waals surface area contributed by atoms with Crippen molar-refractivity contribution in [3.05, 3.63) is 16.3 Å². The Bertz CT molecular complexity index is 792. The van der Waals surface area contributed by atoms with Gasteiger partial charge in [-0.2, -0.15) is 4.98 Å². The maximum absolute atomic E-state index is 13.3. The maximum atomic E-state index is 13.3. The second-order valence-electron chi connectivity index (χ2n) is 6.46. The first kappa shape index (κ1) is 21.8. The lowest BCUT2D eigenvalue weighted by Gasteiger charge is -2.28. The standard InChI is InChI=1S/C18H26N4O3S.ClH/c1-5-8-22(12-6-7-19-9-12)18(23)15-11(2)14-16(25-4)20-13(10-24-3)21-17(14)26-15;/h12,19H,5-10H2,1-4H3;1H. The molecule has 1 N–H and O–H groups in total. The number of amides is 1. The van der Waals surface area contributed by atoms with Crippen LogP contribution in [-0.2, 0) is 11.3 Å². The quantitative estimate of drug-likeness (QED) is 0.750. The molecule has 0 saturated carbocycles. The van der Waals surface area contributed by atoms with Crippen molar-refractivity contribution >= 4 is 39.9 Å². The minimum atomic E-state index is 0. The Balaban J connectivity index is 0.00000261. The molecule has 0 aliphatic carbocycles. The molecule has 0 aromatic carbocycles. The van der Waals surface area contributed by atoms with Gasteiger partial charge in [0.15, 0.2) is 5.82 Å². The molecule has 27 heavy (non-hydrogen) atoms. The number of carbonyl (C=O) groups is 1. The van der Waals surface area contributed by atoms with E-state index in [0.29, 0.717) is 18.3 Å². The highest BCUT2D eigenvalue weighted by atomic mass is 35.5. The lowest BCUT2D eigenvalue weighted by Crippen LogP contribution is -2.42. The van der Waals surface area contributed by atoms with Crippen molar-refractivity contribution in [3.8, 4) is 5.88 Å². The molecular weight excluding hydrogens is 388 g/mol. The van der Waals surface area contributed by atoms with Crippen LogP contribution in [0.3, 0.4) is 0 Å². The molecule has 0 bridgehead atoms. The molecule has 150 valence electrons. The summed E-state index contributed by atoms with van der Waals surface area (Å²) in [7, 11) is 3.19. The largest absolute Gasteiger partial charge is 0.480 e. The van der Waals surface area contributed by atoms with E-state index in [-0.39, 0.29) is 24.4 Å². The summed E-state index contributed by atoms with van der Waals surface area (Å²) in [6, 6.07) is 0.254. The molecule has 1 fully saturated rings. The number of aryl methyl sites for hydroxylation is 1. The van der Waals surface area contributed by atoms with Gasteiger partial charge in [-0.1, -0.05) is 6.92 Å². The number of hydrogen-bond donors (Lipinski definition) is 1. The van der Waals surface area contributed by atoms with E-state index in [1.807, 2.05) is 11.8 Å². The molecule has 1 aliphatic heterocycles. The number of thiophene rings is 1. The fraction of sp³-hybridized carbons (Fsp3) is 0.611. The van der Waals surface area contributed by atoms with Gasteiger partial charge in [0.25, 0.3) is 5.91 Å². The number of rotatable bonds is 7. The summed E-state index contributed by atoms with van der Waals surface area (Å²) >= 11 is 1.42. The Morgan fingerprint density at radius 2 is 2.15 bits per heavy atom. The lowest BCUT2D eigenvalue weighted by atomic mass is 10.1. The third-order valence-electron chi connectivity index (χ3n) is 4.66. The zero-order chi connectivity index (χ0) is 18.7. The van der Waals surface area contributed by atoms with E-state index < -0.39 is 0 Å². The van der Waals surface area contributed by atoms with Crippen molar-refractivity contribution in [3.63, 3.8) is 0 Å². The van der Waals surface area contributed by atoms with Crippen LogP contribution in [0, 0.1) is 6.92 Å². The van der Waals surface area contributed by atoms with Crippen LogP contribution in [0.15, 0.2) is 0 Å². The summed E-state index contributed by atoms with van der Waals surface area (Å²) in [5, 5.41) is 4.17. The number of hydrogen-bond acceptors (Lipinski definition) is 7. The molecule has 2 aromatic rings. The van der Waals surface area contributed by atoms with Crippen LogP contribution in [-0.4, -0.2) is 60.7 Å². The second-order valence-corrected chi connectivity index (χ2v) is 7.46. The first-order chi connectivity index (χ1) is 12.6. The summed E-state index contributed by atoms with van der Waals surface area (Å²) in [6.45, 7) is 6.94. The fourth-order valence-corrected chi connectivity index (χ4v) is 4.56. The van der Waals surface area contributed by atoms with E-state index in [9.17, 15) is 4.79 Å². The SMILES string of the molecule is CCCN(C(=O)c1sc2nc(COC)nc(OC)c2c1C)C1CCNC1.Cl. The average Bonchev–Trinajstić information content (AvgIpc) is 3.27. The minimum absolute atomic E-state index is 0. The van der Waals surface area contributed by atoms with E-state index in [2.05, 4.69) is 22.2 Å². The first-order valence-electron chi connectivity index (χ1n) is 8.95. The number of methoxy groups -OCH3 is 2. The minimum Gasteiger partial charge on any atom is -0.480 e. The first-order valence-corrected chi connectivity index (χ1v) is 9.76. The van der Waals surface area contributed by atoms with Gasteiger partial charge < -0.3 is 19.7 Å². The molecule has 0 radical (unpaired) electrons. The highest BCUT2D eigenvalue weighted by Gasteiger charge is 2.30. The Hall–Kier alpha value is -1.48. The van der Waals surface area contributed by atoms with Crippen molar-refractivity contribution in [1.29, 1.82) is 0 Å². The van der Waals surface area contributed by atoms with E-state index in [1.165, 1.54) is 11.3 Å². The Morgan fingerprint density at radius 1 is 1.37 bits per heavy atom. The van der Waals surface area contributed by atoms with E-state index in [1.54, 1.807) is 14.2 Å². The normalized spacial score (nSPS) is 16.4. The van der Waals surface area contributed by atoms with Crippen LogP contribution < -0.4 is 10.1 Å². The summed E-state index contributed by atoms with van der Waals surface area (Å²) in [5.74, 6) is 1.14. The highest BCUT2D eigenvalue weighted by Crippen LogP contribution is 2.36. The van der Waals surface area contributed by atoms with Crippen molar-refractivity contribution in [2.75, 3.05) is 33.9 Å². The molecule has 0 spiro atoms. The van der Waals surface area contributed by atoms with E-state index >= 15 is 0 Å². The molecule has 1 aliphatic rings. The Labute approximate surface area is 169 Å². The molecule has 1 saturated heterocycles. The van der Waals surface area contributed by atoms with Crippen LogP contribution in [0.1, 0.15) is 40.8 Å². The number of nitrogens with one attached hydrogen (secondary N) is 1. The number of halogens is 1. The molecule has 1 unspecified atom stereocenters. The fourth-order valence-electron chi connectivity index (χ4n) is 3.42. The third kappa shape index (κ3) is 4.34. The number of fused-ring (bicyclic) bond motifs is 1. The molecular formula is C18H27ClN4O3S. The van der Waals surface area contributed by atoms with Gasteiger partial charge in [-0.25, -0.2) is 4.98 Å². The Morgan fingerprint density at radius 3 is 2.74 bits per heavy atom. The van der Waals surface area contributed by atoms with Crippen molar-refractivity contribution in [2.45, 2.75) is 39.3 Å². The van der Waals surface area contributed by atoms with Crippen LogP contribution in [0.2, 0.25) is 0 Å². The molecule has 7 nitrogen and oxygen atoms in total. The van der Waals surface area contributed by atoms with Gasteiger partial charge in [-0.3, -0.25) is 4.79 Å². The van der Waals surface area contributed by atoms with Gasteiger partial charge in [0.2, 0.25) is 5.88 Å². The average molecular weight is 415 g/mol. The predicted molar refractivity (Wildman–Crippen MR) is 109 cm³/mol. The van der Waals surface area contributed by atoms with E-state index in [0.717, 1.165) is 53.1 Å². The van der Waals surface area contributed by atoms with Crippen LogP contribution in [0.5, 0.6) is 5.88 Å². The molecule has 1 amide bonds. The highest BCUT2D eigenvalue weighted by molar-refractivity contribution is 7.20. The van der Waals surface area contributed by atoms with Gasteiger partial charge in [0.05, 0.1) is 17.4 Å². The van der Waals surface area contributed by atoms with Crippen molar-refractivity contribution < 1.29 is 14.3 Å². The molecule has 3 rings (SSSR count). The number of ether oxygens (including phenoxy) is 2. The monoisotopic (exact) mass is 414 g/mol. The van der Waals surface area contributed by atoms with Crippen LogP contribution in [0.4, 0.5) is 0 Å². The number of carbonyl (C=O) groups excluding carboxylic acids is 1. The van der Waals surface area contributed by atoms with Gasteiger partial charge in [0.1, 0.15) is 11.4 Å². The molecule has 9 heteroatoms. The number of aromatic nitrogens is 2. The summed E-state index contributed by atoms with van der Waals surface area (Å²) < 4.78 is 10.6. The summed E-state index contributed by atoms with van der Waals surface area (Å²) in [5.41, 5.74) is 0.892. The van der Waals surface area contributed by atoms with Gasteiger partial charge in [-0.05, 0) is 31.9 Å². The van der Waals surface area contributed by atoms with Gasteiger partial charge in [0, 0.05) is 26.2 Å². The topological polar surface area (TPSA) is 76.6 Å². The molecule has 3 heterocycles. The zero-order valence-corrected chi connectivity index (χ0v) is 17.8. The predicted octanol–water partition coefficient (Wildman–Crippen LogP) is 2.79. The molecule has 2 aromatic heterocycles. The van der Waals surface area contributed by atoms with Crippen LogP contribution in [0.25, 0.3) is 10.2 Å². The van der Waals surface area contributed by atoms with Crippen molar-refractivity contribution in [2.24, 2.45) is 0 Å².